The molecule has 0 bridgehead atoms. The summed E-state index contributed by atoms with van der Waals surface area (Å²) in [6, 6.07) is 6.58. The highest BCUT2D eigenvalue weighted by Gasteiger charge is 2.28. The van der Waals surface area contributed by atoms with Crippen molar-refractivity contribution in [2.24, 2.45) is 11.1 Å². The van der Waals surface area contributed by atoms with E-state index in [0.29, 0.717) is 13.1 Å². The van der Waals surface area contributed by atoms with Crippen LogP contribution in [0.25, 0.3) is 0 Å². The van der Waals surface area contributed by atoms with Gasteiger partial charge in [0.15, 0.2) is 0 Å². The third-order valence-electron chi connectivity index (χ3n) is 4.77. The Kier molecular flexibility index (Phi) is 8.62. The van der Waals surface area contributed by atoms with E-state index in [9.17, 15) is 13.2 Å². The van der Waals surface area contributed by atoms with E-state index in [1.54, 1.807) is 12.1 Å². The minimum absolute atomic E-state index is 0. The Labute approximate surface area is 167 Å². The van der Waals surface area contributed by atoms with Gasteiger partial charge in [0.05, 0.1) is 10.8 Å². The molecule has 148 valence electrons. The van der Waals surface area contributed by atoms with Gasteiger partial charge >= 0.3 is 0 Å². The van der Waals surface area contributed by atoms with Crippen LogP contribution in [0.5, 0.6) is 0 Å². The highest BCUT2D eigenvalue weighted by molar-refractivity contribution is 7.89. The zero-order chi connectivity index (χ0) is 17.2. The molecule has 1 aromatic carbocycles. The lowest BCUT2D eigenvalue weighted by Gasteiger charge is -2.38. The number of benzene rings is 1. The Hall–Kier alpha value is -1.06. The number of rotatable bonds is 3. The molecule has 1 unspecified atom stereocenters. The van der Waals surface area contributed by atoms with Crippen LogP contribution in [-0.2, 0) is 14.8 Å². The standard InChI is InChI=1S/C16H24N4O3S.2ClH/c17-24(22,23)15-5-3-14(4-6-15)19-8-10-20(11-9-19)16(21)13-2-1-7-18-12-13;;/h3-6,13,18H,1-2,7-12H2,(H2,17,22,23);2*1H. The topological polar surface area (TPSA) is 95.7 Å². The van der Waals surface area contributed by atoms with Gasteiger partial charge < -0.3 is 15.1 Å². The number of amides is 1. The van der Waals surface area contributed by atoms with Gasteiger partial charge in [0, 0.05) is 38.4 Å². The molecule has 3 rings (SSSR count). The van der Waals surface area contributed by atoms with Gasteiger partial charge in [-0.05, 0) is 43.7 Å². The molecule has 26 heavy (non-hydrogen) atoms. The molecule has 10 heteroatoms. The smallest absolute Gasteiger partial charge is 0.238 e. The average molecular weight is 425 g/mol. The highest BCUT2D eigenvalue weighted by Crippen LogP contribution is 2.20. The van der Waals surface area contributed by atoms with Gasteiger partial charge in [0.25, 0.3) is 0 Å². The molecule has 7 nitrogen and oxygen atoms in total. The maximum absolute atomic E-state index is 12.5. The van der Waals surface area contributed by atoms with Crippen molar-refractivity contribution in [1.29, 1.82) is 0 Å². The number of hydrogen-bond donors (Lipinski definition) is 2. The zero-order valence-electron chi connectivity index (χ0n) is 14.5. The van der Waals surface area contributed by atoms with E-state index in [2.05, 4.69) is 10.2 Å². The molecular formula is C16H26Cl2N4O3S. The van der Waals surface area contributed by atoms with Gasteiger partial charge in [0.2, 0.25) is 15.9 Å². The monoisotopic (exact) mass is 424 g/mol. The number of carbonyl (C=O) groups is 1. The summed E-state index contributed by atoms with van der Waals surface area (Å²) in [4.78, 5) is 16.8. The van der Waals surface area contributed by atoms with Gasteiger partial charge in [0.1, 0.15) is 0 Å². The van der Waals surface area contributed by atoms with E-state index in [-0.39, 0.29) is 41.5 Å². The summed E-state index contributed by atoms with van der Waals surface area (Å²) in [6.07, 6.45) is 2.04. The molecule has 2 aliphatic heterocycles. The first-order chi connectivity index (χ1) is 11.4. The van der Waals surface area contributed by atoms with Crippen molar-refractivity contribution in [1.82, 2.24) is 10.2 Å². The van der Waals surface area contributed by atoms with Crippen LogP contribution in [0.15, 0.2) is 29.2 Å². The first kappa shape index (κ1) is 23.0. The summed E-state index contributed by atoms with van der Waals surface area (Å²) in [5, 5.41) is 8.41. The Balaban J connectivity index is 0.00000169. The van der Waals surface area contributed by atoms with Gasteiger partial charge in [-0.25, -0.2) is 13.6 Å². The van der Waals surface area contributed by atoms with Gasteiger partial charge in [-0.3, -0.25) is 4.79 Å². The first-order valence-electron chi connectivity index (χ1n) is 8.32. The summed E-state index contributed by atoms with van der Waals surface area (Å²) >= 11 is 0. The van der Waals surface area contributed by atoms with Gasteiger partial charge in [-0.15, -0.1) is 24.8 Å². The number of anilines is 1. The van der Waals surface area contributed by atoms with Crippen LogP contribution in [-0.4, -0.2) is 58.5 Å². The number of hydrogen-bond acceptors (Lipinski definition) is 5. The molecule has 0 spiro atoms. The summed E-state index contributed by atoms with van der Waals surface area (Å²) in [5.41, 5.74) is 0.953. The number of primary sulfonamides is 1. The molecule has 1 amide bonds. The van der Waals surface area contributed by atoms with E-state index in [4.69, 9.17) is 5.14 Å². The molecule has 1 atom stereocenters. The molecule has 2 saturated heterocycles. The fourth-order valence-corrected chi connectivity index (χ4v) is 3.87. The normalized spacial score (nSPS) is 20.7. The molecule has 0 aliphatic carbocycles. The number of halogens is 2. The fraction of sp³-hybridized carbons (Fsp3) is 0.562. The minimum atomic E-state index is -3.66. The number of nitrogens with zero attached hydrogens (tertiary/aromatic N) is 2. The first-order valence-corrected chi connectivity index (χ1v) is 9.87. The second-order valence-corrected chi connectivity index (χ2v) is 7.96. The number of piperazine rings is 1. The third kappa shape index (κ3) is 5.47. The van der Waals surface area contributed by atoms with E-state index in [0.717, 1.165) is 44.7 Å². The summed E-state index contributed by atoms with van der Waals surface area (Å²) in [5.74, 6) is 0.366. The molecule has 2 heterocycles. The molecule has 0 radical (unpaired) electrons. The maximum atomic E-state index is 12.5. The zero-order valence-corrected chi connectivity index (χ0v) is 16.9. The van der Waals surface area contributed by atoms with Crippen LogP contribution in [0.2, 0.25) is 0 Å². The largest absolute Gasteiger partial charge is 0.368 e. The number of carbonyl (C=O) groups excluding carboxylic acids is 1. The van der Waals surface area contributed by atoms with Crippen molar-refractivity contribution in [2.75, 3.05) is 44.2 Å². The molecular weight excluding hydrogens is 399 g/mol. The van der Waals surface area contributed by atoms with Crippen molar-refractivity contribution in [3.63, 3.8) is 0 Å². The van der Waals surface area contributed by atoms with E-state index >= 15 is 0 Å². The summed E-state index contributed by atoms with van der Waals surface area (Å²) in [6.45, 7) is 4.69. The Morgan fingerprint density at radius 3 is 2.19 bits per heavy atom. The molecule has 0 aromatic heterocycles. The lowest BCUT2D eigenvalue weighted by Crippen LogP contribution is -2.52. The highest BCUT2D eigenvalue weighted by atomic mass is 35.5. The van der Waals surface area contributed by atoms with Crippen molar-refractivity contribution < 1.29 is 13.2 Å². The van der Waals surface area contributed by atoms with E-state index < -0.39 is 10.0 Å². The second-order valence-electron chi connectivity index (χ2n) is 6.39. The Morgan fingerprint density at radius 2 is 1.69 bits per heavy atom. The SMILES string of the molecule is Cl.Cl.NS(=O)(=O)c1ccc(N2CCN(C(=O)C3CCCNC3)CC2)cc1. The van der Waals surface area contributed by atoms with Crippen LogP contribution in [0, 0.1) is 5.92 Å². The number of piperidine rings is 1. The number of nitrogens with one attached hydrogen (secondary N) is 1. The predicted octanol–water partition coefficient (Wildman–Crippen LogP) is 0.826. The van der Waals surface area contributed by atoms with Crippen molar-refractivity contribution >= 4 is 46.4 Å². The summed E-state index contributed by atoms with van der Waals surface area (Å²) in [7, 11) is -3.66. The fourth-order valence-electron chi connectivity index (χ4n) is 3.35. The molecule has 2 fully saturated rings. The van der Waals surface area contributed by atoms with Gasteiger partial charge in [-0.2, -0.15) is 0 Å². The average Bonchev–Trinajstić information content (AvgIpc) is 2.61. The van der Waals surface area contributed by atoms with Crippen LogP contribution in [0.4, 0.5) is 5.69 Å². The van der Waals surface area contributed by atoms with E-state index in [1.807, 2.05) is 4.90 Å². The van der Waals surface area contributed by atoms with Crippen molar-refractivity contribution in [3.8, 4) is 0 Å². The number of nitrogens with two attached hydrogens (primary N) is 1. The lowest BCUT2D eigenvalue weighted by molar-refractivity contribution is -0.136. The number of sulfonamides is 1. The van der Waals surface area contributed by atoms with Gasteiger partial charge in [-0.1, -0.05) is 0 Å². The van der Waals surface area contributed by atoms with Crippen LogP contribution < -0.4 is 15.4 Å². The van der Waals surface area contributed by atoms with Crippen LogP contribution in [0.1, 0.15) is 12.8 Å². The summed E-state index contributed by atoms with van der Waals surface area (Å²) < 4.78 is 22.6. The van der Waals surface area contributed by atoms with Crippen molar-refractivity contribution in [2.45, 2.75) is 17.7 Å². The minimum Gasteiger partial charge on any atom is -0.368 e. The van der Waals surface area contributed by atoms with E-state index in [1.165, 1.54) is 12.1 Å². The Morgan fingerprint density at radius 1 is 1.08 bits per heavy atom. The second kappa shape index (κ2) is 9.75. The quantitative estimate of drug-likeness (QED) is 0.748. The van der Waals surface area contributed by atoms with Crippen molar-refractivity contribution in [3.05, 3.63) is 24.3 Å². The molecule has 2 aliphatic rings. The molecule has 3 N–H and O–H groups in total. The third-order valence-corrected chi connectivity index (χ3v) is 5.70. The molecule has 0 saturated carbocycles. The van der Waals surface area contributed by atoms with Crippen LogP contribution >= 0.6 is 24.8 Å². The predicted molar refractivity (Wildman–Crippen MR) is 107 cm³/mol. The molecule has 1 aromatic rings. The van der Waals surface area contributed by atoms with Crippen LogP contribution in [0.3, 0.4) is 0 Å². The maximum Gasteiger partial charge on any atom is 0.238 e. The Bertz CT molecular complexity index is 686. The lowest BCUT2D eigenvalue weighted by atomic mass is 9.98.